The fourth-order valence-corrected chi connectivity index (χ4v) is 1.42. The van der Waals surface area contributed by atoms with Crippen LogP contribution in [0.25, 0.3) is 0 Å². The van der Waals surface area contributed by atoms with Crippen LogP contribution >= 0.6 is 0 Å². The number of benzene rings is 1. The number of halogens is 1. The van der Waals surface area contributed by atoms with Crippen molar-refractivity contribution in [2.75, 3.05) is 6.67 Å². The zero-order chi connectivity index (χ0) is 14.1. The van der Waals surface area contributed by atoms with Gasteiger partial charge in [-0.15, -0.1) is 0 Å². The number of hydrogen-bond acceptors (Lipinski definition) is 3. The molecular weight excluding hydrogens is 253 g/mol. The zero-order valence-corrected chi connectivity index (χ0v) is 10.3. The Morgan fingerprint density at radius 2 is 2.00 bits per heavy atom. The van der Waals surface area contributed by atoms with Crippen molar-refractivity contribution >= 4 is 12.1 Å². The Kier molecular flexibility index (Phi) is 6.35. The predicted molar refractivity (Wildman–Crippen MR) is 66.4 cm³/mol. The lowest BCUT2D eigenvalue weighted by Crippen LogP contribution is -2.37. The molecule has 0 bridgehead atoms. The van der Waals surface area contributed by atoms with E-state index < -0.39 is 24.8 Å². The Morgan fingerprint density at radius 1 is 1.32 bits per heavy atom. The molecule has 0 aliphatic heterocycles. The maximum Gasteiger partial charge on any atom is 0.407 e. The summed E-state index contributed by atoms with van der Waals surface area (Å²) in [6, 6.07) is 8.23. The number of alkyl carbamates (subject to hydrolysis) is 1. The van der Waals surface area contributed by atoms with E-state index in [9.17, 15) is 14.0 Å². The summed E-state index contributed by atoms with van der Waals surface area (Å²) >= 11 is 0. The number of hydrogen-bond donors (Lipinski definition) is 2. The molecule has 0 saturated carbocycles. The average Bonchev–Trinajstić information content (AvgIpc) is 2.42. The lowest BCUT2D eigenvalue weighted by Gasteiger charge is -2.14. The number of carboxylic acids is 1. The van der Waals surface area contributed by atoms with Crippen molar-refractivity contribution in [1.82, 2.24) is 5.32 Å². The summed E-state index contributed by atoms with van der Waals surface area (Å²) in [7, 11) is 0. The normalized spacial score (nSPS) is 11.6. The monoisotopic (exact) mass is 269 g/mol. The Bertz CT molecular complexity index is 410. The average molecular weight is 269 g/mol. The maximum atomic E-state index is 12.6. The first-order valence-corrected chi connectivity index (χ1v) is 5.86. The second-order valence-electron chi connectivity index (χ2n) is 3.99. The highest BCUT2D eigenvalue weighted by molar-refractivity contribution is 5.68. The molecule has 19 heavy (non-hydrogen) atoms. The Morgan fingerprint density at radius 3 is 2.58 bits per heavy atom. The largest absolute Gasteiger partial charge is 0.481 e. The molecule has 0 spiro atoms. The van der Waals surface area contributed by atoms with Crippen molar-refractivity contribution in [2.45, 2.75) is 25.5 Å². The number of alkyl halides is 1. The number of rotatable bonds is 7. The van der Waals surface area contributed by atoms with E-state index in [0.29, 0.717) is 0 Å². The fourth-order valence-electron chi connectivity index (χ4n) is 1.42. The van der Waals surface area contributed by atoms with Gasteiger partial charge in [0.15, 0.2) is 0 Å². The lowest BCUT2D eigenvalue weighted by molar-refractivity contribution is -0.137. The molecule has 0 aliphatic rings. The second kappa shape index (κ2) is 8.07. The third-order valence-electron chi connectivity index (χ3n) is 2.43. The van der Waals surface area contributed by atoms with Crippen LogP contribution < -0.4 is 5.32 Å². The molecule has 0 fully saturated rings. The number of carbonyl (C=O) groups excluding carboxylic acids is 1. The molecule has 1 atom stereocenters. The van der Waals surface area contributed by atoms with Gasteiger partial charge in [0.1, 0.15) is 13.3 Å². The topological polar surface area (TPSA) is 75.6 Å². The molecule has 1 aromatic carbocycles. The highest BCUT2D eigenvalue weighted by atomic mass is 19.1. The molecule has 0 heterocycles. The van der Waals surface area contributed by atoms with Gasteiger partial charge in [-0.1, -0.05) is 30.3 Å². The molecule has 0 aromatic heterocycles. The highest BCUT2D eigenvalue weighted by Gasteiger charge is 2.14. The first-order valence-electron chi connectivity index (χ1n) is 5.86. The van der Waals surface area contributed by atoms with E-state index in [-0.39, 0.29) is 19.4 Å². The summed E-state index contributed by atoms with van der Waals surface area (Å²) in [5.74, 6) is -1.03. The Hall–Kier alpha value is -2.11. The van der Waals surface area contributed by atoms with E-state index in [1.807, 2.05) is 18.2 Å². The summed E-state index contributed by atoms with van der Waals surface area (Å²) < 4.78 is 17.5. The maximum absolute atomic E-state index is 12.6. The van der Waals surface area contributed by atoms with Crippen LogP contribution in [0.15, 0.2) is 30.3 Å². The molecule has 1 rings (SSSR count). The first-order chi connectivity index (χ1) is 9.11. The molecule has 2 N–H and O–H groups in total. The van der Waals surface area contributed by atoms with E-state index in [1.54, 1.807) is 12.1 Å². The Balaban J connectivity index is 2.30. The second-order valence-corrected chi connectivity index (χ2v) is 3.99. The molecule has 104 valence electrons. The van der Waals surface area contributed by atoms with Gasteiger partial charge in [0.25, 0.3) is 0 Å². The summed E-state index contributed by atoms with van der Waals surface area (Å²) in [6.45, 7) is -0.738. The third-order valence-corrected chi connectivity index (χ3v) is 2.43. The minimum absolute atomic E-state index is 0.0340. The van der Waals surface area contributed by atoms with E-state index >= 15 is 0 Å². The number of carboxylic acid groups (broad SMARTS) is 1. The third kappa shape index (κ3) is 6.40. The first kappa shape index (κ1) is 14.9. The number of ether oxygens (including phenoxy) is 1. The summed E-state index contributed by atoms with van der Waals surface area (Å²) in [5, 5.41) is 10.8. The van der Waals surface area contributed by atoms with Crippen LogP contribution in [0.4, 0.5) is 9.18 Å². The van der Waals surface area contributed by atoms with Gasteiger partial charge in [-0.25, -0.2) is 9.18 Å². The number of aliphatic carboxylic acids is 1. The number of carbonyl (C=O) groups is 2. The van der Waals surface area contributed by atoms with Gasteiger partial charge in [-0.05, 0) is 12.0 Å². The molecule has 0 radical (unpaired) electrons. The Labute approximate surface area is 110 Å². The molecular formula is C13H16FNO4. The fraction of sp³-hybridized carbons (Fsp3) is 0.385. The van der Waals surface area contributed by atoms with Crippen molar-refractivity contribution in [3.05, 3.63) is 35.9 Å². The van der Waals surface area contributed by atoms with Crippen LogP contribution in [-0.2, 0) is 16.1 Å². The molecule has 0 saturated heterocycles. The van der Waals surface area contributed by atoms with Crippen LogP contribution in [0.3, 0.4) is 0 Å². The zero-order valence-electron chi connectivity index (χ0n) is 10.3. The summed E-state index contributed by atoms with van der Waals surface area (Å²) in [4.78, 5) is 21.7. The van der Waals surface area contributed by atoms with Crippen LogP contribution in [-0.4, -0.2) is 29.9 Å². The number of nitrogens with one attached hydrogen (secondary N) is 1. The van der Waals surface area contributed by atoms with Gasteiger partial charge in [0.2, 0.25) is 0 Å². The minimum atomic E-state index is -1.03. The van der Waals surface area contributed by atoms with Crippen molar-refractivity contribution in [2.24, 2.45) is 0 Å². The molecule has 0 aliphatic carbocycles. The molecule has 6 heteroatoms. The van der Waals surface area contributed by atoms with Gasteiger partial charge in [-0.3, -0.25) is 4.79 Å². The van der Waals surface area contributed by atoms with E-state index in [4.69, 9.17) is 9.84 Å². The lowest BCUT2D eigenvalue weighted by atomic mass is 10.2. The van der Waals surface area contributed by atoms with Crippen LogP contribution in [0, 0.1) is 0 Å². The van der Waals surface area contributed by atoms with Crippen molar-refractivity contribution in [1.29, 1.82) is 0 Å². The molecule has 5 nitrogen and oxygen atoms in total. The quantitative estimate of drug-likeness (QED) is 0.795. The van der Waals surface area contributed by atoms with Crippen molar-refractivity contribution in [3.63, 3.8) is 0 Å². The smallest absolute Gasteiger partial charge is 0.407 e. The van der Waals surface area contributed by atoms with Crippen molar-refractivity contribution < 1.29 is 23.8 Å². The van der Waals surface area contributed by atoms with Gasteiger partial charge in [-0.2, -0.15) is 0 Å². The standard InChI is InChI=1S/C13H16FNO4/c14-8-11(6-7-12(16)17)15-13(18)19-9-10-4-2-1-3-5-10/h1-5,11H,6-9H2,(H,15,18)(H,16,17)/t11-/m0/s1. The summed E-state index contributed by atoms with van der Waals surface area (Å²) in [5.41, 5.74) is 0.819. The van der Waals surface area contributed by atoms with Gasteiger partial charge < -0.3 is 15.2 Å². The predicted octanol–water partition coefficient (Wildman–Crippen LogP) is 2.12. The minimum Gasteiger partial charge on any atom is -0.481 e. The molecule has 0 unspecified atom stereocenters. The van der Waals surface area contributed by atoms with E-state index in [2.05, 4.69) is 5.32 Å². The van der Waals surface area contributed by atoms with Gasteiger partial charge in [0, 0.05) is 6.42 Å². The summed E-state index contributed by atoms with van der Waals surface area (Å²) in [6.07, 6.45) is -0.920. The van der Waals surface area contributed by atoms with Crippen LogP contribution in [0.5, 0.6) is 0 Å². The number of amides is 1. The van der Waals surface area contributed by atoms with Crippen LogP contribution in [0.1, 0.15) is 18.4 Å². The van der Waals surface area contributed by atoms with Crippen molar-refractivity contribution in [3.8, 4) is 0 Å². The van der Waals surface area contributed by atoms with E-state index in [0.717, 1.165) is 5.56 Å². The SMILES string of the molecule is O=C(O)CC[C@@H](CF)NC(=O)OCc1ccccc1. The van der Waals surface area contributed by atoms with E-state index in [1.165, 1.54) is 0 Å². The van der Waals surface area contributed by atoms with Gasteiger partial charge >= 0.3 is 12.1 Å². The molecule has 1 amide bonds. The highest BCUT2D eigenvalue weighted by Crippen LogP contribution is 2.02. The van der Waals surface area contributed by atoms with Crippen LogP contribution in [0.2, 0.25) is 0 Å². The van der Waals surface area contributed by atoms with Gasteiger partial charge in [0.05, 0.1) is 6.04 Å². The molecule has 1 aromatic rings.